The van der Waals surface area contributed by atoms with Gasteiger partial charge >= 0.3 is 0 Å². The van der Waals surface area contributed by atoms with Gasteiger partial charge in [-0.2, -0.15) is 0 Å². The molecule has 0 fully saturated rings. The first kappa shape index (κ1) is 17.3. The lowest BCUT2D eigenvalue weighted by Gasteiger charge is -2.27. The Morgan fingerprint density at radius 1 is 0.913 bits per heavy atom. The number of ether oxygens (including phenoxy) is 2. The number of hydrogen-bond donors (Lipinski definition) is 1. The topological polar surface area (TPSA) is 61.6 Å². The second-order valence-corrected chi connectivity index (χ2v) is 5.85. The average molecular weight is 317 g/mol. The summed E-state index contributed by atoms with van der Waals surface area (Å²) in [6.45, 7) is 5.25. The fourth-order valence-corrected chi connectivity index (χ4v) is 2.45. The van der Waals surface area contributed by atoms with Crippen molar-refractivity contribution in [1.29, 1.82) is 0 Å². The summed E-state index contributed by atoms with van der Waals surface area (Å²) in [5, 5.41) is 16.1. The van der Waals surface area contributed by atoms with E-state index in [4.69, 9.17) is 19.7 Å². The van der Waals surface area contributed by atoms with E-state index in [1.54, 1.807) is 0 Å². The summed E-state index contributed by atoms with van der Waals surface area (Å²) in [7, 11) is 0. The van der Waals surface area contributed by atoms with Crippen molar-refractivity contribution in [3.63, 3.8) is 0 Å². The van der Waals surface area contributed by atoms with Gasteiger partial charge in [0.25, 0.3) is 0 Å². The van der Waals surface area contributed by atoms with E-state index in [0.29, 0.717) is 13.2 Å². The smallest absolute Gasteiger partial charge is 0.178 e. The molecule has 0 amide bonds. The molecule has 0 aromatic heterocycles. The molecule has 124 valence electrons. The summed E-state index contributed by atoms with van der Waals surface area (Å²) in [6, 6.07) is 15.9. The van der Waals surface area contributed by atoms with Crippen LogP contribution < -0.4 is 9.47 Å². The predicted molar refractivity (Wildman–Crippen MR) is 91.6 cm³/mol. The summed E-state index contributed by atoms with van der Waals surface area (Å²) in [4.78, 5) is 0. The van der Waals surface area contributed by atoms with E-state index in [-0.39, 0.29) is 18.6 Å². The first-order valence-corrected chi connectivity index (χ1v) is 7.80. The van der Waals surface area contributed by atoms with E-state index >= 15 is 0 Å². The summed E-state index contributed by atoms with van der Waals surface area (Å²) < 4.78 is 11.1. The highest BCUT2D eigenvalue weighted by atomic mass is 16.5. The Balaban J connectivity index is 2.26. The average Bonchev–Trinajstić information content (AvgIpc) is 2.58. The quantitative estimate of drug-likeness (QED) is 0.761. The molecule has 0 radical (unpaired) electrons. The number of benzene rings is 2. The molecule has 0 heterocycles. The van der Waals surface area contributed by atoms with Crippen LogP contribution >= 0.6 is 0 Å². The lowest BCUT2D eigenvalue weighted by Crippen LogP contribution is -2.19. The molecule has 0 aliphatic rings. The second kappa shape index (κ2) is 7.99. The fraction of sp³-hybridized carbons (Fsp3) is 0.368. The van der Waals surface area contributed by atoms with Crippen LogP contribution in [0.2, 0.25) is 0 Å². The maximum atomic E-state index is 8.88. The Morgan fingerprint density at radius 3 is 1.91 bits per heavy atom. The van der Waals surface area contributed by atoms with Crippen LogP contribution in [0.5, 0.6) is 11.5 Å². The monoisotopic (exact) mass is 317 g/mol. The third-order valence-electron chi connectivity index (χ3n) is 3.84. The van der Waals surface area contributed by atoms with Gasteiger partial charge < -0.3 is 19.7 Å². The lowest BCUT2D eigenvalue weighted by atomic mass is 9.78. The van der Waals surface area contributed by atoms with Crippen molar-refractivity contribution in [2.45, 2.75) is 19.3 Å². The van der Waals surface area contributed by atoms with Crippen molar-refractivity contribution in [2.24, 2.45) is 0 Å². The molecule has 4 nitrogen and oxygen atoms in total. The van der Waals surface area contributed by atoms with Gasteiger partial charge in [0.1, 0.15) is 18.1 Å². The Bertz CT molecular complexity index is 569. The summed E-state index contributed by atoms with van der Waals surface area (Å²) >= 11 is 0. The third-order valence-corrected chi connectivity index (χ3v) is 3.84. The molecule has 0 saturated heterocycles. The molecule has 2 rings (SSSR count). The molecule has 23 heavy (non-hydrogen) atoms. The molecule has 0 aliphatic heterocycles. The van der Waals surface area contributed by atoms with E-state index in [2.05, 4.69) is 26.0 Å². The van der Waals surface area contributed by atoms with Crippen LogP contribution in [-0.2, 0) is 5.41 Å². The largest absolute Gasteiger partial charge is 0.491 e. The molecule has 3 N–H and O–H groups in total. The van der Waals surface area contributed by atoms with Gasteiger partial charge in [-0.25, -0.2) is 0 Å². The highest BCUT2D eigenvalue weighted by Gasteiger charge is 2.24. The molecule has 2 aromatic carbocycles. The van der Waals surface area contributed by atoms with E-state index in [1.807, 2.05) is 36.4 Å². The summed E-state index contributed by atoms with van der Waals surface area (Å²) in [5.74, 6) is 1.54. The van der Waals surface area contributed by atoms with Crippen LogP contribution in [0.25, 0.3) is 0 Å². The molecule has 0 atom stereocenters. The van der Waals surface area contributed by atoms with Crippen molar-refractivity contribution in [1.82, 2.24) is 0 Å². The van der Waals surface area contributed by atoms with Crippen LogP contribution in [0.4, 0.5) is 0 Å². The van der Waals surface area contributed by atoms with E-state index in [1.165, 1.54) is 0 Å². The number of aliphatic hydroxyl groups excluding tert-OH is 1. The summed E-state index contributed by atoms with van der Waals surface area (Å²) in [5.41, 5.74) is 2.06. The van der Waals surface area contributed by atoms with Crippen molar-refractivity contribution in [3.8, 4) is 11.5 Å². The van der Waals surface area contributed by atoms with Gasteiger partial charge in [-0.15, -0.1) is 0 Å². The SMILES string of the molecule is CC(C)(c1cccc(OCCO)c1)c1cccc(OCC[OH2+])c1. The summed E-state index contributed by atoms with van der Waals surface area (Å²) in [6.07, 6.45) is 0. The highest BCUT2D eigenvalue weighted by molar-refractivity contribution is 5.43. The lowest BCUT2D eigenvalue weighted by molar-refractivity contribution is 0.201. The Morgan fingerprint density at radius 2 is 1.43 bits per heavy atom. The van der Waals surface area contributed by atoms with Gasteiger partial charge in [0.05, 0.1) is 6.61 Å². The Labute approximate surface area is 137 Å². The minimum atomic E-state index is -0.209. The molecule has 0 saturated carbocycles. The minimum absolute atomic E-state index is 0.00298. The van der Waals surface area contributed by atoms with Crippen LogP contribution in [-0.4, -0.2) is 36.6 Å². The van der Waals surface area contributed by atoms with Crippen molar-refractivity contribution < 1.29 is 19.7 Å². The Hall–Kier alpha value is -2.04. The van der Waals surface area contributed by atoms with Gasteiger partial charge in [0, 0.05) is 5.41 Å². The van der Waals surface area contributed by atoms with Gasteiger partial charge in [-0.1, -0.05) is 38.1 Å². The van der Waals surface area contributed by atoms with Crippen molar-refractivity contribution >= 4 is 0 Å². The molecule has 0 unspecified atom stereocenters. The zero-order valence-corrected chi connectivity index (χ0v) is 13.7. The van der Waals surface area contributed by atoms with Crippen LogP contribution in [0.1, 0.15) is 25.0 Å². The van der Waals surface area contributed by atoms with Gasteiger partial charge in [0.2, 0.25) is 0 Å². The maximum absolute atomic E-state index is 8.88. The van der Waals surface area contributed by atoms with Crippen LogP contribution in [0.3, 0.4) is 0 Å². The predicted octanol–water partition coefficient (Wildman–Crippen LogP) is 2.49. The van der Waals surface area contributed by atoms with Gasteiger partial charge in [-0.05, 0) is 35.4 Å². The number of hydrogen-bond acceptors (Lipinski definition) is 3. The van der Waals surface area contributed by atoms with Crippen LogP contribution in [0, 0.1) is 0 Å². The van der Waals surface area contributed by atoms with E-state index in [9.17, 15) is 0 Å². The Kier molecular flexibility index (Phi) is 6.02. The molecule has 4 heteroatoms. The van der Waals surface area contributed by atoms with Crippen LogP contribution in [0.15, 0.2) is 48.5 Å². The first-order valence-electron chi connectivity index (χ1n) is 7.80. The molecular weight excluding hydrogens is 292 g/mol. The van der Waals surface area contributed by atoms with Gasteiger partial charge in [-0.3, -0.25) is 0 Å². The van der Waals surface area contributed by atoms with E-state index in [0.717, 1.165) is 22.6 Å². The van der Waals surface area contributed by atoms with E-state index < -0.39 is 0 Å². The molecule has 0 aliphatic carbocycles. The normalized spacial score (nSPS) is 11.3. The van der Waals surface area contributed by atoms with Crippen molar-refractivity contribution in [3.05, 3.63) is 59.7 Å². The third kappa shape index (κ3) is 4.47. The maximum Gasteiger partial charge on any atom is 0.178 e. The number of aliphatic hydroxyl groups is 1. The fourth-order valence-electron chi connectivity index (χ4n) is 2.45. The standard InChI is InChI=1S/C19H24O4/c1-19(2,15-5-3-7-17(13-15)22-11-9-20)16-6-4-8-18(14-16)23-12-10-21/h3-8,13-14,20-21H,9-12H2,1-2H3/p+1. The van der Waals surface area contributed by atoms with Crippen molar-refractivity contribution in [2.75, 3.05) is 26.4 Å². The minimum Gasteiger partial charge on any atom is -0.491 e. The zero-order valence-electron chi connectivity index (χ0n) is 13.7. The molecule has 0 spiro atoms. The molecule has 0 bridgehead atoms. The second-order valence-electron chi connectivity index (χ2n) is 5.85. The number of rotatable bonds is 8. The molecular formula is C19H25O4+. The zero-order chi connectivity index (χ0) is 16.7. The van der Waals surface area contributed by atoms with Gasteiger partial charge in [0.15, 0.2) is 13.2 Å². The first-order chi connectivity index (χ1) is 11.1. The molecule has 2 aromatic rings. The highest BCUT2D eigenvalue weighted by Crippen LogP contribution is 2.34.